The van der Waals surface area contributed by atoms with E-state index in [4.69, 9.17) is 0 Å². The summed E-state index contributed by atoms with van der Waals surface area (Å²) in [5.41, 5.74) is 1.90. The number of carbonyl (C=O) groups is 2. The molecule has 0 spiro atoms. The van der Waals surface area contributed by atoms with Gasteiger partial charge in [-0.1, -0.05) is 60.7 Å². The van der Waals surface area contributed by atoms with Gasteiger partial charge in [0.25, 0.3) is 0 Å². The van der Waals surface area contributed by atoms with E-state index in [-0.39, 0.29) is 13.2 Å². The number of benzene rings is 2. The second-order valence-corrected chi connectivity index (χ2v) is 6.09. The summed E-state index contributed by atoms with van der Waals surface area (Å²) >= 11 is 0. The zero-order valence-electron chi connectivity index (χ0n) is 14.5. The monoisotopic (exact) mass is 356 g/mol. The average molecular weight is 356 g/mol. The number of carbonyl (C=O) groups excluding carboxylic acids is 2. The first-order valence-electron chi connectivity index (χ1n) is 8.53. The fourth-order valence-electron chi connectivity index (χ4n) is 2.62. The van der Waals surface area contributed by atoms with Gasteiger partial charge >= 0.3 is 11.8 Å². The van der Waals surface area contributed by atoms with E-state index in [9.17, 15) is 19.8 Å². The lowest BCUT2D eigenvalue weighted by molar-refractivity contribution is -0.140. The zero-order chi connectivity index (χ0) is 18.8. The van der Waals surface area contributed by atoms with Gasteiger partial charge in [0.15, 0.2) is 0 Å². The molecule has 0 bridgehead atoms. The number of hydrogen-bond donors (Lipinski definition) is 4. The molecular weight excluding hydrogens is 332 g/mol. The molecule has 0 heterocycles. The molecule has 2 aromatic rings. The Bertz CT molecular complexity index is 630. The maximum Gasteiger partial charge on any atom is 0.309 e. The van der Waals surface area contributed by atoms with Gasteiger partial charge in [0.05, 0.1) is 25.3 Å². The molecule has 2 atom stereocenters. The van der Waals surface area contributed by atoms with Crippen molar-refractivity contribution >= 4 is 11.8 Å². The molecule has 138 valence electrons. The molecule has 0 aliphatic heterocycles. The highest BCUT2D eigenvalue weighted by molar-refractivity contribution is 6.35. The first kappa shape index (κ1) is 19.6. The summed E-state index contributed by atoms with van der Waals surface area (Å²) in [6.45, 7) is -0.553. The summed E-state index contributed by atoms with van der Waals surface area (Å²) in [5, 5.41) is 24.0. The number of aliphatic hydroxyl groups excluding tert-OH is 2. The number of rotatable bonds is 8. The number of hydrogen-bond acceptors (Lipinski definition) is 4. The van der Waals surface area contributed by atoms with Crippen LogP contribution >= 0.6 is 0 Å². The third-order valence-electron chi connectivity index (χ3n) is 3.97. The summed E-state index contributed by atoms with van der Waals surface area (Å²) in [4.78, 5) is 24.2. The van der Waals surface area contributed by atoms with Crippen molar-refractivity contribution in [2.45, 2.75) is 24.9 Å². The zero-order valence-corrected chi connectivity index (χ0v) is 14.5. The van der Waals surface area contributed by atoms with E-state index in [1.54, 1.807) is 0 Å². The molecule has 0 saturated heterocycles. The minimum Gasteiger partial charge on any atom is -0.394 e. The Morgan fingerprint density at radius 2 is 1.04 bits per heavy atom. The van der Waals surface area contributed by atoms with Crippen LogP contribution in [0.2, 0.25) is 0 Å². The van der Waals surface area contributed by atoms with E-state index >= 15 is 0 Å². The lowest BCUT2D eigenvalue weighted by Gasteiger charge is -2.19. The highest BCUT2D eigenvalue weighted by Gasteiger charge is 2.21. The van der Waals surface area contributed by atoms with Crippen LogP contribution in [-0.2, 0) is 22.4 Å². The predicted octanol–water partition coefficient (Wildman–Crippen LogP) is 0.426. The molecule has 6 heteroatoms. The Labute approximate surface area is 152 Å². The Balaban J connectivity index is 1.87. The van der Waals surface area contributed by atoms with Gasteiger partial charge in [-0.25, -0.2) is 0 Å². The van der Waals surface area contributed by atoms with Crippen LogP contribution in [0.1, 0.15) is 11.1 Å². The standard InChI is InChI=1S/C20H24N2O4/c23-13-17(11-15-7-3-1-4-8-15)21-19(25)20(26)22-18(14-24)12-16-9-5-2-6-10-16/h1-10,17-18,23-24H,11-14H2,(H,21,25)(H,22,26). The van der Waals surface area contributed by atoms with Crippen molar-refractivity contribution in [3.8, 4) is 0 Å². The van der Waals surface area contributed by atoms with E-state index in [1.807, 2.05) is 60.7 Å². The van der Waals surface area contributed by atoms with Gasteiger partial charge < -0.3 is 20.8 Å². The first-order valence-corrected chi connectivity index (χ1v) is 8.53. The van der Waals surface area contributed by atoms with Crippen molar-refractivity contribution in [1.82, 2.24) is 10.6 Å². The number of amides is 2. The number of nitrogens with one attached hydrogen (secondary N) is 2. The molecule has 2 aromatic carbocycles. The second kappa shape index (κ2) is 10.3. The third-order valence-corrected chi connectivity index (χ3v) is 3.97. The van der Waals surface area contributed by atoms with Gasteiger partial charge in [0.2, 0.25) is 0 Å². The molecule has 0 aliphatic carbocycles. The van der Waals surface area contributed by atoms with Gasteiger partial charge in [-0.05, 0) is 24.0 Å². The fourth-order valence-corrected chi connectivity index (χ4v) is 2.62. The molecule has 6 nitrogen and oxygen atoms in total. The van der Waals surface area contributed by atoms with Gasteiger partial charge in [0.1, 0.15) is 0 Å². The normalized spacial score (nSPS) is 12.8. The van der Waals surface area contributed by atoms with E-state index in [2.05, 4.69) is 10.6 Å². The van der Waals surface area contributed by atoms with Crippen LogP contribution in [-0.4, -0.2) is 47.3 Å². The Kier molecular flexibility index (Phi) is 7.79. The van der Waals surface area contributed by atoms with E-state index in [0.717, 1.165) is 11.1 Å². The lowest BCUT2D eigenvalue weighted by Crippen LogP contribution is -2.50. The summed E-state index contributed by atoms with van der Waals surface area (Å²) in [6.07, 6.45) is 0.841. The molecule has 0 saturated carbocycles. The molecule has 26 heavy (non-hydrogen) atoms. The topological polar surface area (TPSA) is 98.7 Å². The van der Waals surface area contributed by atoms with Crippen molar-refractivity contribution in [2.75, 3.05) is 13.2 Å². The van der Waals surface area contributed by atoms with Gasteiger partial charge in [0, 0.05) is 0 Å². The van der Waals surface area contributed by atoms with Crippen molar-refractivity contribution in [3.63, 3.8) is 0 Å². The molecule has 0 radical (unpaired) electrons. The van der Waals surface area contributed by atoms with Crippen molar-refractivity contribution in [1.29, 1.82) is 0 Å². The Morgan fingerprint density at radius 1 is 0.692 bits per heavy atom. The third kappa shape index (κ3) is 6.31. The minimum absolute atomic E-state index is 0.276. The summed E-state index contributed by atoms with van der Waals surface area (Å²) in [5.74, 6) is -1.65. The Morgan fingerprint density at radius 3 is 1.35 bits per heavy atom. The van der Waals surface area contributed by atoms with Gasteiger partial charge in [-0.15, -0.1) is 0 Å². The molecule has 2 unspecified atom stereocenters. The van der Waals surface area contributed by atoms with Gasteiger partial charge in [-0.3, -0.25) is 9.59 Å². The summed E-state index contributed by atoms with van der Waals surface area (Å²) in [7, 11) is 0. The van der Waals surface area contributed by atoms with E-state index in [0.29, 0.717) is 12.8 Å². The van der Waals surface area contributed by atoms with E-state index in [1.165, 1.54) is 0 Å². The van der Waals surface area contributed by atoms with Crippen LogP contribution < -0.4 is 10.6 Å². The molecular formula is C20H24N2O4. The molecule has 2 amide bonds. The van der Waals surface area contributed by atoms with E-state index < -0.39 is 23.9 Å². The molecule has 0 aromatic heterocycles. The van der Waals surface area contributed by atoms with Crippen LogP contribution in [0.3, 0.4) is 0 Å². The van der Waals surface area contributed by atoms with Crippen LogP contribution in [0.4, 0.5) is 0 Å². The van der Waals surface area contributed by atoms with Crippen LogP contribution in [0.5, 0.6) is 0 Å². The summed E-state index contributed by atoms with van der Waals surface area (Å²) in [6, 6.07) is 17.7. The first-order chi connectivity index (χ1) is 12.6. The maximum absolute atomic E-state index is 12.1. The second-order valence-electron chi connectivity index (χ2n) is 6.09. The van der Waals surface area contributed by atoms with Crippen LogP contribution in [0.25, 0.3) is 0 Å². The van der Waals surface area contributed by atoms with Crippen LogP contribution in [0, 0.1) is 0 Å². The quantitative estimate of drug-likeness (QED) is 0.516. The van der Waals surface area contributed by atoms with Gasteiger partial charge in [-0.2, -0.15) is 0 Å². The minimum atomic E-state index is -0.827. The van der Waals surface area contributed by atoms with Crippen molar-refractivity contribution in [2.24, 2.45) is 0 Å². The lowest BCUT2D eigenvalue weighted by atomic mass is 10.1. The highest BCUT2D eigenvalue weighted by Crippen LogP contribution is 2.04. The largest absolute Gasteiger partial charge is 0.394 e. The molecule has 2 rings (SSSR count). The Hall–Kier alpha value is -2.70. The SMILES string of the molecule is O=C(NC(CO)Cc1ccccc1)C(=O)NC(CO)Cc1ccccc1. The smallest absolute Gasteiger partial charge is 0.309 e. The maximum atomic E-state index is 12.1. The highest BCUT2D eigenvalue weighted by atomic mass is 16.3. The molecule has 0 aliphatic rings. The molecule has 4 N–H and O–H groups in total. The van der Waals surface area contributed by atoms with Crippen molar-refractivity contribution < 1.29 is 19.8 Å². The predicted molar refractivity (Wildman–Crippen MR) is 98.3 cm³/mol. The molecule has 0 fully saturated rings. The van der Waals surface area contributed by atoms with Crippen molar-refractivity contribution in [3.05, 3.63) is 71.8 Å². The average Bonchev–Trinajstić information content (AvgIpc) is 2.68. The number of aliphatic hydroxyl groups is 2. The van der Waals surface area contributed by atoms with Crippen LogP contribution in [0.15, 0.2) is 60.7 Å². The fraction of sp³-hybridized carbons (Fsp3) is 0.300. The summed E-state index contributed by atoms with van der Waals surface area (Å²) < 4.78 is 0.